The van der Waals surface area contributed by atoms with Crippen LogP contribution in [0.25, 0.3) is 11.1 Å². The molecule has 1 aromatic heterocycles. The molecule has 15 heteroatoms. The highest BCUT2D eigenvalue weighted by Crippen LogP contribution is 2.38. The summed E-state index contributed by atoms with van der Waals surface area (Å²) in [6.45, 7) is 0. The maximum Gasteiger partial charge on any atom is 0.475 e. The average molecular weight is 619 g/mol. The third-order valence-electron chi connectivity index (χ3n) is 7.00. The van der Waals surface area contributed by atoms with Crippen LogP contribution >= 0.6 is 0 Å². The Morgan fingerprint density at radius 1 is 1.12 bits per heavy atom. The summed E-state index contributed by atoms with van der Waals surface area (Å²) in [5.74, 6) is -3.24. The topological polar surface area (TPSA) is 138 Å². The molecule has 2 heterocycles. The van der Waals surface area contributed by atoms with Crippen LogP contribution in [0.1, 0.15) is 27.3 Å². The molecular weight excluding hydrogens is 596 g/mol. The molecule has 3 N–H and O–H groups in total. The molecule has 43 heavy (non-hydrogen) atoms. The Morgan fingerprint density at radius 2 is 1.88 bits per heavy atom. The van der Waals surface area contributed by atoms with Crippen LogP contribution in [0.4, 0.5) is 28.0 Å². The van der Waals surface area contributed by atoms with Crippen molar-refractivity contribution >= 4 is 34.4 Å². The van der Waals surface area contributed by atoms with E-state index in [9.17, 15) is 36.9 Å². The van der Waals surface area contributed by atoms with Gasteiger partial charge >= 0.3 is 17.5 Å². The second-order valence-electron chi connectivity index (χ2n) is 9.62. The van der Waals surface area contributed by atoms with Crippen LogP contribution in [0, 0.1) is 11.7 Å². The second-order valence-corrected chi connectivity index (χ2v) is 11.1. The molecule has 0 saturated carbocycles. The highest BCUT2D eigenvalue weighted by atomic mass is 32.2. The van der Waals surface area contributed by atoms with Gasteiger partial charge in [0, 0.05) is 34.3 Å². The number of hydrogen-bond donors (Lipinski definition) is 3. The number of carboxylic acid groups (broad SMARTS) is 1. The molecule has 2 aliphatic rings. The molecule has 1 aliphatic carbocycles. The summed E-state index contributed by atoms with van der Waals surface area (Å²) in [6.07, 6.45) is 4.37. The molecular formula is C28H22F4N4O6S. The first-order chi connectivity index (χ1) is 20.4. The fraction of sp³-hybridized carbons (Fsp3) is 0.214. The van der Waals surface area contributed by atoms with Crippen LogP contribution in [0.15, 0.2) is 71.8 Å². The van der Waals surface area contributed by atoms with E-state index in [0.717, 1.165) is 24.3 Å². The maximum absolute atomic E-state index is 15.0. The third kappa shape index (κ3) is 5.93. The summed E-state index contributed by atoms with van der Waals surface area (Å²) < 4.78 is 70.8. The van der Waals surface area contributed by atoms with Gasteiger partial charge in [0.05, 0.1) is 18.7 Å². The number of pyridine rings is 1. The zero-order valence-corrected chi connectivity index (χ0v) is 22.9. The zero-order chi connectivity index (χ0) is 31.1. The van der Waals surface area contributed by atoms with Crippen LogP contribution in [0.5, 0.6) is 5.75 Å². The highest BCUT2D eigenvalue weighted by Gasteiger charge is 2.46. The first-order valence-corrected chi connectivity index (χ1v) is 13.8. The van der Waals surface area contributed by atoms with Crippen molar-refractivity contribution in [3.8, 4) is 16.9 Å². The number of carbonyl (C=O) groups excluding carboxylic acids is 2. The van der Waals surface area contributed by atoms with Crippen molar-refractivity contribution in [2.45, 2.75) is 29.0 Å². The lowest BCUT2D eigenvalue weighted by molar-refractivity contribution is -0.0384. The number of nitrogens with one attached hydrogen (secondary N) is 2. The predicted octanol–water partition coefficient (Wildman–Crippen LogP) is 4.77. The van der Waals surface area contributed by atoms with Crippen LogP contribution < -0.4 is 15.4 Å². The van der Waals surface area contributed by atoms with Crippen molar-refractivity contribution in [1.82, 2.24) is 15.2 Å². The molecule has 3 amide bonds. The zero-order valence-electron chi connectivity index (χ0n) is 22.1. The summed E-state index contributed by atoms with van der Waals surface area (Å²) >= 11 is 0. The van der Waals surface area contributed by atoms with Crippen LogP contribution in [-0.2, 0) is 10.8 Å². The second kappa shape index (κ2) is 11.5. The quantitative estimate of drug-likeness (QED) is 0.256. The van der Waals surface area contributed by atoms with Gasteiger partial charge in [-0.3, -0.25) is 9.69 Å². The minimum absolute atomic E-state index is 0.0279. The number of hydrogen-bond acceptors (Lipinski definition) is 6. The number of anilines is 1. The van der Waals surface area contributed by atoms with E-state index in [4.69, 9.17) is 4.74 Å². The van der Waals surface area contributed by atoms with Gasteiger partial charge in [-0.25, -0.2) is 23.2 Å². The number of halogens is 4. The van der Waals surface area contributed by atoms with Gasteiger partial charge in [0.1, 0.15) is 23.4 Å². The number of nitrogens with zero attached hydrogens (tertiary/aromatic N) is 2. The van der Waals surface area contributed by atoms with Crippen molar-refractivity contribution in [3.05, 3.63) is 84.0 Å². The molecule has 10 nitrogen and oxygen atoms in total. The molecule has 2 bridgehead atoms. The first-order valence-electron chi connectivity index (χ1n) is 12.6. The normalized spacial score (nSPS) is 19.7. The smallest absolute Gasteiger partial charge is 0.475 e. The number of likely N-dealkylation sites (tertiary alicyclic amines) is 1. The van der Waals surface area contributed by atoms with Crippen molar-refractivity contribution in [3.63, 3.8) is 0 Å². The molecule has 4 atom stereocenters. The summed E-state index contributed by atoms with van der Waals surface area (Å²) in [4.78, 5) is 42.7. The van der Waals surface area contributed by atoms with Gasteiger partial charge in [-0.2, -0.15) is 13.2 Å². The number of carbonyl (C=O) groups is 3. The van der Waals surface area contributed by atoms with Crippen LogP contribution in [-0.4, -0.2) is 61.9 Å². The van der Waals surface area contributed by atoms with Gasteiger partial charge in [0.2, 0.25) is 0 Å². The number of rotatable bonds is 7. The van der Waals surface area contributed by atoms with E-state index in [0.29, 0.717) is 6.42 Å². The van der Waals surface area contributed by atoms with E-state index < -0.39 is 57.1 Å². The number of methoxy groups -OCH3 is 1. The van der Waals surface area contributed by atoms with E-state index in [1.165, 1.54) is 42.5 Å². The molecule has 5 rings (SSSR count). The Labute approximate surface area is 243 Å². The van der Waals surface area contributed by atoms with E-state index in [2.05, 4.69) is 15.6 Å². The lowest BCUT2D eigenvalue weighted by Gasteiger charge is -2.33. The van der Waals surface area contributed by atoms with E-state index >= 15 is 4.39 Å². The maximum atomic E-state index is 15.0. The number of alkyl halides is 3. The summed E-state index contributed by atoms with van der Waals surface area (Å²) in [5, 5.41) is 14.5. The number of fused-ring (bicyclic) bond motifs is 2. The Balaban J connectivity index is 1.40. The molecule has 4 unspecified atom stereocenters. The van der Waals surface area contributed by atoms with Crippen molar-refractivity contribution in [2.24, 2.45) is 5.92 Å². The molecule has 1 saturated heterocycles. The number of amides is 3. The Morgan fingerprint density at radius 3 is 2.58 bits per heavy atom. The molecule has 0 spiro atoms. The van der Waals surface area contributed by atoms with Gasteiger partial charge < -0.3 is 20.5 Å². The number of carboxylic acids is 1. The van der Waals surface area contributed by atoms with Gasteiger partial charge in [-0.15, -0.1) is 0 Å². The Bertz CT molecular complexity index is 1680. The highest BCUT2D eigenvalue weighted by molar-refractivity contribution is 7.86. The van der Waals surface area contributed by atoms with Gasteiger partial charge in [-0.05, 0) is 48.4 Å². The fourth-order valence-electron chi connectivity index (χ4n) is 5.07. The average Bonchev–Trinajstić information content (AvgIpc) is 3.58. The molecule has 1 aliphatic heterocycles. The van der Waals surface area contributed by atoms with Crippen LogP contribution in [0.3, 0.4) is 0 Å². The minimum Gasteiger partial charge on any atom is -0.496 e. The van der Waals surface area contributed by atoms with Crippen molar-refractivity contribution in [2.75, 3.05) is 12.4 Å². The molecule has 1 fully saturated rings. The molecule has 224 valence electrons. The number of urea groups is 1. The van der Waals surface area contributed by atoms with Crippen molar-refractivity contribution < 1.29 is 46.0 Å². The van der Waals surface area contributed by atoms with Gasteiger partial charge in [0.15, 0.2) is 10.8 Å². The van der Waals surface area contributed by atoms with E-state index in [-0.39, 0.29) is 39.7 Å². The van der Waals surface area contributed by atoms with Gasteiger partial charge in [0.25, 0.3) is 5.91 Å². The Kier molecular flexibility index (Phi) is 7.92. The number of benzene rings is 2. The molecule has 3 aromatic rings. The lowest BCUT2D eigenvalue weighted by Crippen LogP contribution is -2.54. The SMILES string of the molecule is COc1cc(F)c(-c2ccnc(C(=O)O)c2)cc1C(=O)NC1C2C=CC(C2)N1C(=O)Nc1cccc(S(=O)C(F)(F)F)c1. The fourth-order valence-corrected chi connectivity index (χ4v) is 5.78. The number of ether oxygens (including phenoxy) is 1. The van der Waals surface area contributed by atoms with E-state index in [1.807, 2.05) is 6.08 Å². The summed E-state index contributed by atoms with van der Waals surface area (Å²) in [7, 11) is -2.06. The van der Waals surface area contributed by atoms with Gasteiger partial charge in [-0.1, -0.05) is 18.2 Å². The molecule has 2 aromatic carbocycles. The standard InChI is InChI=1S/C28H22F4N4O6S/c1-42-23-13-21(29)19(14-7-8-33-22(10-14)26(38)39)12-20(23)25(37)35-24-15-5-6-17(9-15)36(24)27(40)34-16-3-2-4-18(11-16)43(41)28(30,31)32/h2-8,10-13,15,17,24H,9H2,1H3,(H,34,40)(H,35,37)(H,38,39). The number of aromatic nitrogens is 1. The minimum atomic E-state index is -4.98. The largest absolute Gasteiger partial charge is 0.496 e. The Hall–Kier alpha value is -4.79. The predicted molar refractivity (Wildman–Crippen MR) is 145 cm³/mol. The summed E-state index contributed by atoms with van der Waals surface area (Å²) in [5.41, 5.74) is -5.37. The first kappa shape index (κ1) is 29.7. The van der Waals surface area contributed by atoms with Crippen molar-refractivity contribution in [1.29, 1.82) is 0 Å². The monoisotopic (exact) mass is 618 g/mol. The molecule has 0 radical (unpaired) electrons. The lowest BCUT2D eigenvalue weighted by atomic mass is 10.0. The summed E-state index contributed by atoms with van der Waals surface area (Å²) in [6, 6.07) is 8.11. The third-order valence-corrected chi connectivity index (χ3v) is 8.11. The van der Waals surface area contributed by atoms with E-state index in [1.54, 1.807) is 6.08 Å². The van der Waals surface area contributed by atoms with Crippen LogP contribution in [0.2, 0.25) is 0 Å². The number of aromatic carboxylic acids is 1.